The summed E-state index contributed by atoms with van der Waals surface area (Å²) in [5.41, 5.74) is 3.91. The minimum absolute atomic E-state index is 0.977. The maximum absolute atomic E-state index is 3.31. The first-order chi connectivity index (χ1) is 8.33. The molecule has 0 atom stereocenters. The maximum Gasteiger partial charge on any atom is 0.168 e. The van der Waals surface area contributed by atoms with Crippen LogP contribution in [0.25, 0.3) is 10.9 Å². The van der Waals surface area contributed by atoms with E-state index in [2.05, 4.69) is 64.5 Å². The predicted octanol–water partition coefficient (Wildman–Crippen LogP) is 2.58. The summed E-state index contributed by atoms with van der Waals surface area (Å²) in [5.74, 6) is 0. The van der Waals surface area contributed by atoms with Crippen LogP contribution in [-0.2, 0) is 13.5 Å². The Balaban J connectivity index is 1.97. The lowest BCUT2D eigenvalue weighted by molar-refractivity contribution is -0.671. The predicted molar refractivity (Wildman–Crippen MR) is 68.7 cm³/mol. The zero-order valence-electron chi connectivity index (χ0n) is 9.85. The number of rotatable bonds is 2. The smallest absolute Gasteiger partial charge is 0.168 e. The molecule has 3 aromatic rings. The number of nitrogens with zero attached hydrogens (tertiary/aromatic N) is 1. The molecule has 2 aromatic heterocycles. The molecule has 0 amide bonds. The fraction of sp³-hybridized carbons (Fsp3) is 0.133. The molecule has 0 saturated heterocycles. The number of hydrogen-bond acceptors (Lipinski definition) is 0. The molecule has 0 aliphatic heterocycles. The number of hydrogen-bond donors (Lipinski definition) is 1. The van der Waals surface area contributed by atoms with Gasteiger partial charge in [-0.15, -0.1) is 0 Å². The largest absolute Gasteiger partial charge is 0.361 e. The maximum atomic E-state index is 3.31. The first-order valence-corrected chi connectivity index (χ1v) is 5.82. The molecule has 0 aliphatic rings. The van der Waals surface area contributed by atoms with Gasteiger partial charge in [-0.25, -0.2) is 4.57 Å². The standard InChI is InChI=1S/C15H15N2/c1-17-8-6-12(7-9-17)10-13-11-16-15-5-3-2-4-14(13)15/h2-9,11,16H,10H2,1H3/q+1. The van der Waals surface area contributed by atoms with Gasteiger partial charge in [0, 0.05) is 29.2 Å². The minimum atomic E-state index is 0.977. The van der Waals surface area contributed by atoms with Crippen molar-refractivity contribution >= 4 is 10.9 Å². The quantitative estimate of drug-likeness (QED) is 0.644. The van der Waals surface area contributed by atoms with Gasteiger partial charge in [-0.1, -0.05) is 18.2 Å². The van der Waals surface area contributed by atoms with E-state index in [1.54, 1.807) is 0 Å². The van der Waals surface area contributed by atoms with Crippen molar-refractivity contribution in [3.63, 3.8) is 0 Å². The minimum Gasteiger partial charge on any atom is -0.361 e. The monoisotopic (exact) mass is 223 g/mol. The van der Waals surface area contributed by atoms with Crippen LogP contribution >= 0.6 is 0 Å². The summed E-state index contributed by atoms with van der Waals surface area (Å²) in [4.78, 5) is 3.31. The number of aromatic amines is 1. The van der Waals surface area contributed by atoms with Crippen LogP contribution in [0.3, 0.4) is 0 Å². The van der Waals surface area contributed by atoms with Crippen LogP contribution < -0.4 is 4.57 Å². The Morgan fingerprint density at radius 2 is 1.82 bits per heavy atom. The lowest BCUT2D eigenvalue weighted by Gasteiger charge is -1.99. The Morgan fingerprint density at radius 1 is 1.06 bits per heavy atom. The van der Waals surface area contributed by atoms with Crippen LogP contribution in [0, 0.1) is 0 Å². The Bertz CT molecular complexity index is 635. The van der Waals surface area contributed by atoms with E-state index in [0.717, 1.165) is 6.42 Å². The summed E-state index contributed by atoms with van der Waals surface area (Å²) >= 11 is 0. The van der Waals surface area contributed by atoms with E-state index in [-0.39, 0.29) is 0 Å². The second-order valence-electron chi connectivity index (χ2n) is 4.41. The molecule has 0 unspecified atom stereocenters. The van der Waals surface area contributed by atoms with Gasteiger partial charge in [0.05, 0.1) is 0 Å². The Kier molecular flexibility index (Phi) is 2.41. The van der Waals surface area contributed by atoms with Gasteiger partial charge >= 0.3 is 0 Å². The first-order valence-electron chi connectivity index (χ1n) is 5.82. The van der Waals surface area contributed by atoms with Gasteiger partial charge in [-0.3, -0.25) is 0 Å². The van der Waals surface area contributed by atoms with Gasteiger partial charge in [0.1, 0.15) is 7.05 Å². The molecule has 0 spiro atoms. The molecule has 17 heavy (non-hydrogen) atoms. The van der Waals surface area contributed by atoms with Gasteiger partial charge < -0.3 is 4.98 Å². The fourth-order valence-corrected chi connectivity index (χ4v) is 2.15. The molecule has 1 aromatic carbocycles. The highest BCUT2D eigenvalue weighted by Crippen LogP contribution is 2.20. The lowest BCUT2D eigenvalue weighted by Crippen LogP contribution is -2.25. The average molecular weight is 223 g/mol. The molecule has 3 rings (SSSR count). The van der Waals surface area contributed by atoms with Crippen LogP contribution in [0.4, 0.5) is 0 Å². The van der Waals surface area contributed by atoms with Crippen molar-refractivity contribution in [3.8, 4) is 0 Å². The van der Waals surface area contributed by atoms with E-state index < -0.39 is 0 Å². The summed E-state index contributed by atoms with van der Waals surface area (Å²) in [5, 5.41) is 1.32. The van der Waals surface area contributed by atoms with Crippen molar-refractivity contribution < 1.29 is 4.57 Å². The molecule has 2 heterocycles. The molecule has 0 saturated carbocycles. The SMILES string of the molecule is C[n+]1ccc(Cc2c[nH]c3ccccc23)cc1. The highest BCUT2D eigenvalue weighted by Gasteiger charge is 2.04. The van der Waals surface area contributed by atoms with Gasteiger partial charge in [-0.2, -0.15) is 0 Å². The van der Waals surface area contributed by atoms with Crippen molar-refractivity contribution in [3.05, 3.63) is 66.1 Å². The Labute approximate surface area is 101 Å². The van der Waals surface area contributed by atoms with Crippen LogP contribution in [0.15, 0.2) is 55.0 Å². The number of fused-ring (bicyclic) bond motifs is 1. The van der Waals surface area contributed by atoms with E-state index in [4.69, 9.17) is 0 Å². The zero-order chi connectivity index (χ0) is 11.7. The van der Waals surface area contributed by atoms with E-state index in [0.29, 0.717) is 0 Å². The molecule has 0 radical (unpaired) electrons. The summed E-state index contributed by atoms with van der Waals surface area (Å²) in [6.07, 6.45) is 7.26. The number of nitrogens with one attached hydrogen (secondary N) is 1. The molecule has 0 fully saturated rings. The van der Waals surface area contributed by atoms with Crippen molar-refractivity contribution in [1.29, 1.82) is 0 Å². The van der Waals surface area contributed by atoms with Gasteiger partial charge in [0.15, 0.2) is 12.4 Å². The second-order valence-corrected chi connectivity index (χ2v) is 4.41. The van der Waals surface area contributed by atoms with Crippen molar-refractivity contribution in [2.24, 2.45) is 7.05 Å². The topological polar surface area (TPSA) is 19.7 Å². The van der Waals surface area contributed by atoms with Gasteiger partial charge in [0.2, 0.25) is 0 Å². The van der Waals surface area contributed by atoms with Crippen LogP contribution in [0.5, 0.6) is 0 Å². The lowest BCUT2D eigenvalue weighted by atomic mass is 10.1. The summed E-state index contributed by atoms with van der Waals surface area (Å²) in [7, 11) is 2.04. The molecule has 1 N–H and O–H groups in total. The zero-order valence-corrected chi connectivity index (χ0v) is 9.85. The van der Waals surface area contributed by atoms with Gasteiger partial charge in [0.25, 0.3) is 0 Å². The van der Waals surface area contributed by atoms with Crippen molar-refractivity contribution in [2.45, 2.75) is 6.42 Å². The summed E-state index contributed by atoms with van der Waals surface area (Å²) < 4.78 is 2.05. The molecular weight excluding hydrogens is 208 g/mol. The highest BCUT2D eigenvalue weighted by molar-refractivity contribution is 5.83. The van der Waals surface area contributed by atoms with E-state index in [1.807, 2.05) is 7.05 Å². The molecular formula is C15H15N2+. The van der Waals surface area contributed by atoms with Gasteiger partial charge in [-0.05, 0) is 23.6 Å². The van der Waals surface area contributed by atoms with Crippen LogP contribution in [0.1, 0.15) is 11.1 Å². The Morgan fingerprint density at radius 3 is 2.65 bits per heavy atom. The fourth-order valence-electron chi connectivity index (χ4n) is 2.15. The summed E-state index contributed by atoms with van der Waals surface area (Å²) in [6, 6.07) is 12.8. The van der Waals surface area contributed by atoms with Crippen LogP contribution in [-0.4, -0.2) is 4.98 Å². The highest BCUT2D eigenvalue weighted by atomic mass is 14.9. The molecule has 2 heteroatoms. The average Bonchev–Trinajstić information content (AvgIpc) is 2.76. The second kappa shape index (κ2) is 4.06. The third kappa shape index (κ3) is 1.94. The summed E-state index contributed by atoms with van der Waals surface area (Å²) in [6.45, 7) is 0. The van der Waals surface area contributed by atoms with Crippen LogP contribution in [0.2, 0.25) is 0 Å². The molecule has 84 valence electrons. The number of aryl methyl sites for hydroxylation is 1. The van der Waals surface area contributed by atoms with E-state index in [1.165, 1.54) is 22.0 Å². The number of aromatic nitrogens is 2. The van der Waals surface area contributed by atoms with E-state index >= 15 is 0 Å². The molecule has 0 aliphatic carbocycles. The third-order valence-electron chi connectivity index (χ3n) is 3.12. The normalized spacial score (nSPS) is 10.9. The Hall–Kier alpha value is -2.09. The number of para-hydroxylation sites is 1. The number of H-pyrrole nitrogens is 1. The molecule has 0 bridgehead atoms. The number of pyridine rings is 1. The van der Waals surface area contributed by atoms with E-state index in [9.17, 15) is 0 Å². The third-order valence-corrected chi connectivity index (χ3v) is 3.12. The number of benzene rings is 1. The first kappa shape index (κ1) is 10.1. The van der Waals surface area contributed by atoms with Crippen molar-refractivity contribution in [2.75, 3.05) is 0 Å². The molecule has 2 nitrogen and oxygen atoms in total. The van der Waals surface area contributed by atoms with Crippen molar-refractivity contribution in [1.82, 2.24) is 4.98 Å².